The molecule has 1 aromatic carbocycles. The van der Waals surface area contributed by atoms with Crippen molar-refractivity contribution in [3.8, 4) is 0 Å². The Hall–Kier alpha value is -1.49. The summed E-state index contributed by atoms with van der Waals surface area (Å²) in [6, 6.07) is 6.00. The molecule has 0 aromatic heterocycles. The van der Waals surface area contributed by atoms with Crippen LogP contribution in [0.25, 0.3) is 0 Å². The van der Waals surface area contributed by atoms with Crippen molar-refractivity contribution >= 4 is 5.97 Å². The maximum Gasteiger partial charge on any atom is 0.335 e. The van der Waals surface area contributed by atoms with E-state index in [2.05, 4.69) is 4.74 Å². The molecule has 0 heterocycles. The fraction of sp³-hybridized carbons (Fsp3) is 0.300. The van der Waals surface area contributed by atoms with Gasteiger partial charge in [0.05, 0.1) is 12.2 Å². The van der Waals surface area contributed by atoms with E-state index in [-0.39, 0.29) is 12.2 Å². The van der Waals surface area contributed by atoms with E-state index in [1.54, 1.807) is 12.1 Å². The Morgan fingerprint density at radius 2 is 2.20 bits per heavy atom. The zero-order valence-corrected chi connectivity index (χ0v) is 7.82. The average molecular weight is 216 g/mol. The molecule has 0 aliphatic carbocycles. The van der Waals surface area contributed by atoms with Crippen molar-refractivity contribution in [2.45, 2.75) is 13.0 Å². The van der Waals surface area contributed by atoms with Gasteiger partial charge in [-0.2, -0.15) is 0 Å². The van der Waals surface area contributed by atoms with Crippen LogP contribution in [0, 0.1) is 0 Å². The van der Waals surface area contributed by atoms with Gasteiger partial charge in [-0.05, 0) is 17.7 Å². The Kier molecular flexibility index (Phi) is 4.17. The lowest BCUT2D eigenvalue weighted by Gasteiger charge is -2.04. The van der Waals surface area contributed by atoms with Gasteiger partial charge in [0.25, 0.3) is 6.43 Å². The van der Waals surface area contributed by atoms with Crippen molar-refractivity contribution in [1.29, 1.82) is 0 Å². The fourth-order valence-corrected chi connectivity index (χ4v) is 1.06. The molecule has 0 bridgehead atoms. The number of alkyl halides is 2. The number of carbonyl (C=O) groups is 1. The quantitative estimate of drug-likeness (QED) is 0.820. The van der Waals surface area contributed by atoms with E-state index < -0.39 is 19.0 Å². The first-order chi connectivity index (χ1) is 7.09. The highest BCUT2D eigenvalue weighted by Crippen LogP contribution is 2.07. The number of hydrogen-bond donors (Lipinski definition) is 1. The van der Waals surface area contributed by atoms with E-state index in [1.165, 1.54) is 12.1 Å². The zero-order chi connectivity index (χ0) is 11.3. The Morgan fingerprint density at radius 3 is 2.80 bits per heavy atom. The van der Waals surface area contributed by atoms with Crippen LogP contribution in [0.2, 0.25) is 0 Å². The van der Waals surface area contributed by atoms with Crippen LogP contribution in [-0.2, 0) is 11.3 Å². The second-order valence-corrected chi connectivity index (χ2v) is 2.91. The summed E-state index contributed by atoms with van der Waals surface area (Å²) in [5, 5.41) is 8.66. The number of ether oxygens (including phenoxy) is 1. The number of hydrogen-bond acceptors (Lipinski definition) is 2. The summed E-state index contributed by atoms with van der Waals surface area (Å²) >= 11 is 0. The summed E-state index contributed by atoms with van der Waals surface area (Å²) in [5.74, 6) is -1.05. The summed E-state index contributed by atoms with van der Waals surface area (Å²) in [4.78, 5) is 10.6. The molecule has 82 valence electrons. The molecule has 15 heavy (non-hydrogen) atoms. The first-order valence-electron chi connectivity index (χ1n) is 4.27. The smallest absolute Gasteiger partial charge is 0.335 e. The summed E-state index contributed by atoms with van der Waals surface area (Å²) in [6.07, 6.45) is -2.51. The van der Waals surface area contributed by atoms with Crippen LogP contribution < -0.4 is 0 Å². The predicted octanol–water partition coefficient (Wildman–Crippen LogP) is 2.17. The van der Waals surface area contributed by atoms with Crippen LogP contribution in [0.3, 0.4) is 0 Å². The molecule has 5 heteroatoms. The maximum absolute atomic E-state index is 11.7. The SMILES string of the molecule is O=C(O)c1cccc(COCC(F)F)c1. The molecule has 0 spiro atoms. The normalized spacial score (nSPS) is 10.6. The van der Waals surface area contributed by atoms with Crippen molar-refractivity contribution in [3.05, 3.63) is 35.4 Å². The first-order valence-corrected chi connectivity index (χ1v) is 4.27. The highest BCUT2D eigenvalue weighted by molar-refractivity contribution is 5.87. The third kappa shape index (κ3) is 4.03. The van der Waals surface area contributed by atoms with Crippen LogP contribution >= 0.6 is 0 Å². The summed E-state index contributed by atoms with van der Waals surface area (Å²) in [7, 11) is 0. The van der Waals surface area contributed by atoms with Crippen LogP contribution in [0.15, 0.2) is 24.3 Å². The van der Waals surface area contributed by atoms with Crippen molar-refractivity contribution in [2.24, 2.45) is 0 Å². The Bertz CT molecular complexity index is 339. The summed E-state index contributed by atoms with van der Waals surface area (Å²) < 4.78 is 28.1. The monoisotopic (exact) mass is 216 g/mol. The molecule has 0 radical (unpaired) electrons. The third-order valence-electron chi connectivity index (χ3n) is 1.69. The van der Waals surface area contributed by atoms with Gasteiger partial charge in [0, 0.05) is 0 Å². The largest absolute Gasteiger partial charge is 0.478 e. The Balaban J connectivity index is 2.54. The predicted molar refractivity (Wildman–Crippen MR) is 49.1 cm³/mol. The van der Waals surface area contributed by atoms with E-state index in [0.717, 1.165) is 0 Å². The third-order valence-corrected chi connectivity index (χ3v) is 1.69. The molecule has 0 saturated heterocycles. The van der Waals surface area contributed by atoms with Gasteiger partial charge < -0.3 is 9.84 Å². The molecular weight excluding hydrogens is 206 g/mol. The molecular formula is C10H10F2O3. The van der Waals surface area contributed by atoms with Crippen LogP contribution in [0.4, 0.5) is 8.78 Å². The molecule has 0 aliphatic rings. The lowest BCUT2D eigenvalue weighted by Crippen LogP contribution is -2.05. The number of benzene rings is 1. The number of carboxylic acid groups (broad SMARTS) is 1. The molecule has 1 N–H and O–H groups in total. The number of aromatic carboxylic acids is 1. The minimum atomic E-state index is -2.51. The van der Waals surface area contributed by atoms with Gasteiger partial charge >= 0.3 is 5.97 Å². The minimum Gasteiger partial charge on any atom is -0.478 e. The number of halogens is 2. The molecule has 0 amide bonds. The molecule has 1 rings (SSSR count). The lowest BCUT2D eigenvalue weighted by molar-refractivity contribution is 0.00984. The van der Waals surface area contributed by atoms with Gasteiger partial charge in [0.15, 0.2) is 0 Å². The van der Waals surface area contributed by atoms with Crippen molar-refractivity contribution in [1.82, 2.24) is 0 Å². The van der Waals surface area contributed by atoms with Crippen molar-refractivity contribution in [3.63, 3.8) is 0 Å². The van der Waals surface area contributed by atoms with Crippen molar-refractivity contribution in [2.75, 3.05) is 6.61 Å². The Morgan fingerprint density at radius 1 is 1.47 bits per heavy atom. The first kappa shape index (κ1) is 11.6. The van der Waals surface area contributed by atoms with Crippen LogP contribution in [0.1, 0.15) is 15.9 Å². The van der Waals surface area contributed by atoms with E-state index in [4.69, 9.17) is 5.11 Å². The lowest BCUT2D eigenvalue weighted by atomic mass is 10.1. The highest BCUT2D eigenvalue weighted by atomic mass is 19.3. The van der Waals surface area contributed by atoms with E-state index in [1.807, 2.05) is 0 Å². The molecule has 0 saturated carbocycles. The topological polar surface area (TPSA) is 46.5 Å². The molecule has 0 aliphatic heterocycles. The minimum absolute atomic E-state index is 0.00847. The van der Waals surface area contributed by atoms with E-state index in [0.29, 0.717) is 5.56 Å². The standard InChI is InChI=1S/C10H10F2O3/c11-9(12)6-15-5-7-2-1-3-8(4-7)10(13)14/h1-4,9H,5-6H2,(H,13,14). The molecule has 0 fully saturated rings. The van der Waals surface area contributed by atoms with Crippen molar-refractivity contribution < 1.29 is 23.4 Å². The number of rotatable bonds is 5. The van der Waals surface area contributed by atoms with E-state index in [9.17, 15) is 13.6 Å². The van der Waals surface area contributed by atoms with Gasteiger partial charge in [-0.25, -0.2) is 13.6 Å². The van der Waals surface area contributed by atoms with Gasteiger partial charge in [0.1, 0.15) is 6.61 Å². The molecule has 1 aromatic rings. The molecule has 3 nitrogen and oxygen atoms in total. The summed E-state index contributed by atoms with van der Waals surface area (Å²) in [6.45, 7) is -0.650. The fourth-order valence-electron chi connectivity index (χ4n) is 1.06. The molecule has 0 atom stereocenters. The second-order valence-electron chi connectivity index (χ2n) is 2.91. The van der Waals surface area contributed by atoms with Gasteiger partial charge in [-0.1, -0.05) is 12.1 Å². The van der Waals surface area contributed by atoms with Gasteiger partial charge in [0.2, 0.25) is 0 Å². The maximum atomic E-state index is 11.7. The number of carboxylic acids is 1. The highest BCUT2D eigenvalue weighted by Gasteiger charge is 2.05. The Labute approximate surface area is 85.3 Å². The van der Waals surface area contributed by atoms with Crippen LogP contribution in [-0.4, -0.2) is 24.1 Å². The van der Waals surface area contributed by atoms with E-state index >= 15 is 0 Å². The van der Waals surface area contributed by atoms with Gasteiger partial charge in [-0.3, -0.25) is 0 Å². The average Bonchev–Trinajstić information content (AvgIpc) is 2.17. The van der Waals surface area contributed by atoms with Gasteiger partial charge in [-0.15, -0.1) is 0 Å². The zero-order valence-electron chi connectivity index (χ0n) is 7.82. The second kappa shape index (κ2) is 5.41. The van der Waals surface area contributed by atoms with Crippen LogP contribution in [0.5, 0.6) is 0 Å². The summed E-state index contributed by atoms with van der Waals surface area (Å²) in [5.41, 5.74) is 0.684. The molecule has 0 unspecified atom stereocenters.